The SMILES string of the molecule is O=c1c(Cl)cn(-c2ccccc2Cl)c(-c2c(F)cc(F)cc2F)c1Cl. The third-order valence-corrected chi connectivity index (χ3v) is 4.40. The molecular formula is C17H7Cl3F3NO. The average Bonchev–Trinajstić information content (AvgIpc) is 2.54. The highest BCUT2D eigenvalue weighted by atomic mass is 35.5. The average molecular weight is 405 g/mol. The second-order valence-corrected chi connectivity index (χ2v) is 6.23. The maximum Gasteiger partial charge on any atom is 0.219 e. The van der Waals surface area contributed by atoms with E-state index in [1.807, 2.05) is 0 Å². The van der Waals surface area contributed by atoms with Gasteiger partial charge in [0.25, 0.3) is 0 Å². The summed E-state index contributed by atoms with van der Waals surface area (Å²) in [5.41, 5.74) is -1.52. The number of benzene rings is 2. The summed E-state index contributed by atoms with van der Waals surface area (Å²) in [6.45, 7) is 0. The maximum absolute atomic E-state index is 14.3. The zero-order valence-corrected chi connectivity index (χ0v) is 14.4. The summed E-state index contributed by atoms with van der Waals surface area (Å²) >= 11 is 18.0. The maximum atomic E-state index is 14.3. The zero-order valence-electron chi connectivity index (χ0n) is 12.2. The second kappa shape index (κ2) is 6.75. The van der Waals surface area contributed by atoms with Crippen LogP contribution in [0.4, 0.5) is 13.2 Å². The molecule has 0 atom stereocenters. The topological polar surface area (TPSA) is 22.0 Å². The van der Waals surface area contributed by atoms with E-state index in [9.17, 15) is 18.0 Å². The van der Waals surface area contributed by atoms with Crippen LogP contribution in [0.3, 0.4) is 0 Å². The number of rotatable bonds is 2. The van der Waals surface area contributed by atoms with Crippen molar-refractivity contribution in [3.63, 3.8) is 0 Å². The first-order valence-corrected chi connectivity index (χ1v) is 7.95. The number of hydrogen-bond donors (Lipinski definition) is 0. The summed E-state index contributed by atoms with van der Waals surface area (Å²) in [5, 5.41) is -0.559. The number of nitrogens with zero attached hydrogens (tertiary/aromatic N) is 1. The fourth-order valence-electron chi connectivity index (χ4n) is 2.39. The molecule has 0 N–H and O–H groups in total. The van der Waals surface area contributed by atoms with E-state index in [4.69, 9.17) is 34.8 Å². The van der Waals surface area contributed by atoms with Crippen molar-refractivity contribution in [3.8, 4) is 16.9 Å². The predicted octanol–water partition coefficient (Wildman–Crippen LogP) is 5.88. The third-order valence-electron chi connectivity index (χ3n) is 3.46. The van der Waals surface area contributed by atoms with Gasteiger partial charge in [-0.1, -0.05) is 46.9 Å². The van der Waals surface area contributed by atoms with Gasteiger partial charge in [0.15, 0.2) is 0 Å². The Morgan fingerprint density at radius 2 is 1.48 bits per heavy atom. The van der Waals surface area contributed by atoms with Gasteiger partial charge in [-0.05, 0) is 12.1 Å². The highest BCUT2D eigenvalue weighted by molar-refractivity contribution is 6.36. The van der Waals surface area contributed by atoms with Gasteiger partial charge in [-0.2, -0.15) is 0 Å². The summed E-state index contributed by atoms with van der Waals surface area (Å²) < 4.78 is 43.0. The van der Waals surface area contributed by atoms with Crippen LogP contribution in [-0.4, -0.2) is 4.57 Å². The van der Waals surface area contributed by atoms with E-state index in [-0.39, 0.29) is 21.4 Å². The molecule has 0 aliphatic heterocycles. The zero-order chi connectivity index (χ0) is 18.3. The molecule has 0 saturated heterocycles. The van der Waals surface area contributed by atoms with E-state index in [1.54, 1.807) is 18.2 Å². The Morgan fingerprint density at radius 3 is 2.08 bits per heavy atom. The Hall–Kier alpha value is -1.95. The van der Waals surface area contributed by atoms with Crippen molar-refractivity contribution in [2.45, 2.75) is 0 Å². The highest BCUT2D eigenvalue weighted by Crippen LogP contribution is 2.35. The van der Waals surface area contributed by atoms with E-state index >= 15 is 0 Å². The van der Waals surface area contributed by atoms with Gasteiger partial charge >= 0.3 is 0 Å². The lowest BCUT2D eigenvalue weighted by Gasteiger charge is -2.18. The van der Waals surface area contributed by atoms with Gasteiger partial charge in [0, 0.05) is 18.3 Å². The lowest BCUT2D eigenvalue weighted by Crippen LogP contribution is -2.13. The monoisotopic (exact) mass is 403 g/mol. The minimum Gasteiger partial charge on any atom is -0.312 e. The molecule has 8 heteroatoms. The van der Waals surface area contributed by atoms with Gasteiger partial charge in [0.05, 0.1) is 22.0 Å². The molecule has 25 heavy (non-hydrogen) atoms. The minimum absolute atomic E-state index is 0.225. The quantitative estimate of drug-likeness (QED) is 0.522. The van der Waals surface area contributed by atoms with Gasteiger partial charge in [-0.15, -0.1) is 0 Å². The van der Waals surface area contributed by atoms with Crippen molar-refractivity contribution in [2.75, 3.05) is 0 Å². The van der Waals surface area contributed by atoms with E-state index in [0.717, 1.165) is 6.20 Å². The van der Waals surface area contributed by atoms with Gasteiger partial charge in [-0.25, -0.2) is 13.2 Å². The molecule has 0 amide bonds. The molecule has 0 aliphatic rings. The predicted molar refractivity (Wildman–Crippen MR) is 92.4 cm³/mol. The van der Waals surface area contributed by atoms with E-state index in [2.05, 4.69) is 0 Å². The molecule has 0 bridgehead atoms. The fourth-order valence-corrected chi connectivity index (χ4v) is 3.14. The van der Waals surface area contributed by atoms with Gasteiger partial charge in [0.2, 0.25) is 5.43 Å². The van der Waals surface area contributed by atoms with Crippen molar-refractivity contribution in [1.82, 2.24) is 4.57 Å². The molecule has 0 aliphatic carbocycles. The van der Waals surface area contributed by atoms with Gasteiger partial charge < -0.3 is 4.57 Å². The lowest BCUT2D eigenvalue weighted by molar-refractivity contribution is 0.547. The molecule has 3 aromatic rings. The number of para-hydroxylation sites is 1. The number of halogens is 6. The Balaban J connectivity index is 2.48. The molecular weight excluding hydrogens is 398 g/mol. The number of pyridine rings is 1. The molecule has 128 valence electrons. The molecule has 1 aromatic heterocycles. The van der Waals surface area contributed by atoms with Crippen LogP contribution >= 0.6 is 34.8 Å². The van der Waals surface area contributed by atoms with E-state index in [0.29, 0.717) is 12.1 Å². The van der Waals surface area contributed by atoms with E-state index in [1.165, 1.54) is 10.6 Å². The second-order valence-electron chi connectivity index (χ2n) is 5.03. The van der Waals surface area contributed by atoms with Gasteiger partial charge in [-0.3, -0.25) is 4.79 Å². The summed E-state index contributed by atoms with van der Waals surface area (Å²) in [6.07, 6.45) is 1.15. The van der Waals surface area contributed by atoms with Gasteiger partial charge in [0.1, 0.15) is 27.5 Å². The summed E-state index contributed by atoms with van der Waals surface area (Å²) in [4.78, 5) is 12.1. The fraction of sp³-hybridized carbons (Fsp3) is 0. The molecule has 0 spiro atoms. The Labute approximate surface area is 155 Å². The van der Waals surface area contributed by atoms with Crippen molar-refractivity contribution in [3.05, 3.63) is 85.3 Å². The Morgan fingerprint density at radius 1 is 0.880 bits per heavy atom. The number of aromatic nitrogens is 1. The number of hydrogen-bond acceptors (Lipinski definition) is 1. The van der Waals surface area contributed by atoms with Crippen LogP contribution in [0.2, 0.25) is 15.1 Å². The molecule has 2 aromatic carbocycles. The normalized spacial score (nSPS) is 11.0. The molecule has 0 unspecified atom stereocenters. The molecule has 0 radical (unpaired) electrons. The largest absolute Gasteiger partial charge is 0.312 e. The van der Waals surface area contributed by atoms with Crippen molar-refractivity contribution in [2.24, 2.45) is 0 Å². The molecule has 0 fully saturated rings. The Kier molecular flexibility index (Phi) is 4.82. The minimum atomic E-state index is -1.22. The highest BCUT2D eigenvalue weighted by Gasteiger charge is 2.23. The third kappa shape index (κ3) is 3.15. The first kappa shape index (κ1) is 17.9. The summed E-state index contributed by atoms with van der Waals surface area (Å²) in [5.74, 6) is -3.54. The van der Waals surface area contributed by atoms with Crippen molar-refractivity contribution >= 4 is 34.8 Å². The summed E-state index contributed by atoms with van der Waals surface area (Å²) in [6, 6.07) is 7.34. The van der Waals surface area contributed by atoms with Crippen LogP contribution in [0.15, 0.2) is 47.4 Å². The first-order valence-electron chi connectivity index (χ1n) is 6.81. The van der Waals surface area contributed by atoms with Crippen LogP contribution in [0, 0.1) is 17.5 Å². The van der Waals surface area contributed by atoms with Crippen molar-refractivity contribution < 1.29 is 13.2 Å². The first-order chi connectivity index (χ1) is 11.8. The molecule has 0 saturated carbocycles. The molecule has 3 rings (SSSR count). The van der Waals surface area contributed by atoms with E-state index < -0.39 is 33.5 Å². The van der Waals surface area contributed by atoms with Crippen LogP contribution in [0.25, 0.3) is 16.9 Å². The van der Waals surface area contributed by atoms with Crippen LogP contribution in [0.5, 0.6) is 0 Å². The van der Waals surface area contributed by atoms with Crippen LogP contribution < -0.4 is 5.43 Å². The summed E-state index contributed by atoms with van der Waals surface area (Å²) in [7, 11) is 0. The molecule has 1 heterocycles. The smallest absolute Gasteiger partial charge is 0.219 e. The van der Waals surface area contributed by atoms with Crippen LogP contribution in [0.1, 0.15) is 0 Å². The Bertz CT molecular complexity index is 1030. The standard InChI is InChI=1S/C17H7Cl3F3NO/c18-9-3-1-2-4-13(9)24-7-10(19)17(25)15(20)16(24)14-11(22)5-8(21)6-12(14)23/h1-7H. The van der Waals surface area contributed by atoms with Crippen LogP contribution in [-0.2, 0) is 0 Å². The molecule has 2 nitrogen and oxygen atoms in total. The van der Waals surface area contributed by atoms with Crippen molar-refractivity contribution in [1.29, 1.82) is 0 Å². The lowest BCUT2D eigenvalue weighted by atomic mass is 10.1.